The molecule has 0 spiro atoms. The first-order chi connectivity index (χ1) is 13.8. The summed E-state index contributed by atoms with van der Waals surface area (Å²) in [6, 6.07) is 10.4. The van der Waals surface area contributed by atoms with Crippen LogP contribution in [-0.4, -0.2) is 39.5 Å². The molecule has 1 aromatic carbocycles. The predicted molar refractivity (Wildman–Crippen MR) is 93.4 cm³/mol. The van der Waals surface area contributed by atoms with Gasteiger partial charge in [-0.15, -0.1) is 0 Å². The highest BCUT2D eigenvalue weighted by molar-refractivity contribution is 8.14. The number of carbonyl (C=O) groups is 2. The Morgan fingerprint density at radius 1 is 1.03 bits per heavy atom. The van der Waals surface area contributed by atoms with Crippen molar-refractivity contribution >= 4 is 34.8 Å². The summed E-state index contributed by atoms with van der Waals surface area (Å²) in [5.41, 5.74) is 3.11. The molecule has 0 fully saturated rings. The van der Waals surface area contributed by atoms with Crippen LogP contribution < -0.4 is 0 Å². The van der Waals surface area contributed by atoms with E-state index in [1.54, 1.807) is 18.0 Å². The summed E-state index contributed by atoms with van der Waals surface area (Å²) in [6.07, 6.45) is -5.65. The van der Waals surface area contributed by atoms with Gasteiger partial charge in [-0.05, 0) is 23.3 Å². The van der Waals surface area contributed by atoms with Gasteiger partial charge in [0.15, 0.2) is 0 Å². The van der Waals surface area contributed by atoms with Gasteiger partial charge >= 0.3 is 24.3 Å². The highest BCUT2D eigenvalue weighted by Gasteiger charge is 2.38. The third-order valence-electron chi connectivity index (χ3n) is 3.08. The van der Waals surface area contributed by atoms with Crippen molar-refractivity contribution in [2.45, 2.75) is 23.7 Å². The molecule has 2 aliphatic heterocycles. The van der Waals surface area contributed by atoms with Gasteiger partial charge in [-0.2, -0.15) is 31.6 Å². The Labute approximate surface area is 168 Å². The summed E-state index contributed by atoms with van der Waals surface area (Å²) >= 11 is 1.68. The van der Waals surface area contributed by atoms with E-state index in [1.165, 1.54) is 10.5 Å². The topological polar surface area (TPSA) is 111 Å². The third-order valence-corrected chi connectivity index (χ3v) is 4.23. The fourth-order valence-electron chi connectivity index (χ4n) is 1.80. The van der Waals surface area contributed by atoms with Gasteiger partial charge in [-0.1, -0.05) is 30.0 Å². The Kier molecular flexibility index (Phi) is 8.23. The fraction of sp³-hybridized carbons (Fsp3) is 0.176. The minimum Gasteiger partial charge on any atom is -0.475 e. The van der Waals surface area contributed by atoms with E-state index in [2.05, 4.69) is 29.3 Å². The maximum absolute atomic E-state index is 10.6. The zero-order chi connectivity index (χ0) is 23.1. The molecule has 6 nitrogen and oxygen atoms in total. The number of fused-ring (bicyclic) bond motifs is 2. The Hall–Kier alpha value is -3.27. The zero-order valence-corrected chi connectivity index (χ0v) is 15.3. The van der Waals surface area contributed by atoms with Crippen molar-refractivity contribution in [2.75, 3.05) is 0 Å². The maximum Gasteiger partial charge on any atom is 0.490 e. The number of nitriles is 1. The molecule has 2 aliphatic rings. The summed E-state index contributed by atoms with van der Waals surface area (Å²) in [7, 11) is 0. The fourth-order valence-corrected chi connectivity index (χ4v) is 2.77. The van der Waals surface area contributed by atoms with E-state index >= 15 is 0 Å². The first-order valence-electron chi connectivity index (χ1n) is 7.50. The van der Waals surface area contributed by atoms with E-state index in [1.807, 2.05) is 12.1 Å². The molecule has 0 aromatic heterocycles. The van der Waals surface area contributed by atoms with Crippen LogP contribution in [0.25, 0.3) is 6.08 Å². The van der Waals surface area contributed by atoms with Crippen molar-refractivity contribution in [3.05, 3.63) is 47.2 Å². The molecule has 0 saturated carbocycles. The smallest absolute Gasteiger partial charge is 0.475 e. The van der Waals surface area contributed by atoms with Crippen LogP contribution in [0.4, 0.5) is 26.3 Å². The number of halogens is 6. The number of hydrogen-bond donors (Lipinski definition) is 2. The number of carboxylic acid groups (broad SMARTS) is 2. The Morgan fingerprint density at radius 3 is 2.00 bits per heavy atom. The van der Waals surface area contributed by atoms with Crippen LogP contribution in [0.1, 0.15) is 12.0 Å². The Bertz CT molecular complexity index is 934. The van der Waals surface area contributed by atoms with Crippen LogP contribution in [0.2, 0.25) is 0 Å². The van der Waals surface area contributed by atoms with Crippen molar-refractivity contribution < 1.29 is 46.1 Å². The summed E-state index contributed by atoms with van der Waals surface area (Å²) in [5, 5.41) is 24.1. The number of allylic oxidation sites excluding steroid dienone is 1. The number of benzene rings is 1. The average molecular weight is 452 g/mol. The van der Waals surface area contributed by atoms with Gasteiger partial charge in [-0.3, -0.25) is 0 Å². The van der Waals surface area contributed by atoms with Crippen LogP contribution in [-0.2, 0) is 9.59 Å². The number of hydrogen-bond acceptors (Lipinski definition) is 5. The summed E-state index contributed by atoms with van der Waals surface area (Å²) < 4.78 is 63.5. The lowest BCUT2D eigenvalue weighted by Crippen LogP contribution is -2.21. The predicted octanol–water partition coefficient (Wildman–Crippen LogP) is 4.65. The second-order valence-electron chi connectivity index (χ2n) is 5.29. The number of thioether (sulfide) groups is 1. The molecule has 3 rings (SSSR count). The van der Waals surface area contributed by atoms with Crippen LogP contribution in [0.3, 0.4) is 0 Å². The second-order valence-corrected chi connectivity index (χ2v) is 6.32. The van der Waals surface area contributed by atoms with E-state index in [0.29, 0.717) is 6.42 Å². The van der Waals surface area contributed by atoms with Crippen molar-refractivity contribution in [1.29, 1.82) is 5.26 Å². The number of alkyl halides is 6. The number of aliphatic carboxylic acids is 2. The minimum atomic E-state index is -5.08. The van der Waals surface area contributed by atoms with Crippen molar-refractivity contribution in [1.82, 2.24) is 0 Å². The molecule has 0 saturated heterocycles. The standard InChI is InChI=1S/C13H8N2S.2C2HF3O2/c14-7-9-5-11-6-10-3-1-2-4-12(10)16-13(11)15-8-9;2*3-2(4,5)1(6)7/h1-4,6,8H,5H2;2*(H,6,7). The molecule has 0 unspecified atom stereocenters. The Morgan fingerprint density at radius 2 is 1.53 bits per heavy atom. The number of rotatable bonds is 0. The molecule has 160 valence electrons. The second kappa shape index (κ2) is 9.97. The van der Waals surface area contributed by atoms with E-state index in [4.69, 9.17) is 25.1 Å². The molecule has 2 heterocycles. The van der Waals surface area contributed by atoms with Crippen LogP contribution in [0, 0.1) is 11.3 Å². The summed E-state index contributed by atoms with van der Waals surface area (Å²) in [5.74, 6) is -5.51. The highest BCUT2D eigenvalue weighted by atomic mass is 32.2. The van der Waals surface area contributed by atoms with Gasteiger partial charge in [0.1, 0.15) is 5.04 Å². The molecular formula is C17H10F6N2O4S. The van der Waals surface area contributed by atoms with Crippen molar-refractivity contribution in [2.24, 2.45) is 4.99 Å². The van der Waals surface area contributed by atoms with Gasteiger partial charge < -0.3 is 10.2 Å². The SMILES string of the molecule is N#CC1=CN=C2Sc3ccccc3C=C2C1.O=C(O)C(F)(F)F.O=C(O)C(F)(F)F. The van der Waals surface area contributed by atoms with E-state index in [-0.39, 0.29) is 0 Å². The van der Waals surface area contributed by atoms with Gasteiger partial charge in [-0.25, -0.2) is 14.6 Å². The number of aliphatic imine (C=N–C) groups is 1. The first-order valence-corrected chi connectivity index (χ1v) is 8.32. The van der Waals surface area contributed by atoms with Crippen molar-refractivity contribution in [3.8, 4) is 6.07 Å². The van der Waals surface area contributed by atoms with Gasteiger partial charge in [0.25, 0.3) is 0 Å². The lowest BCUT2D eigenvalue weighted by atomic mass is 10.0. The molecule has 0 bridgehead atoms. The normalized spacial score (nSPS) is 14.5. The van der Waals surface area contributed by atoms with Crippen LogP contribution in [0.15, 0.2) is 51.5 Å². The molecule has 1 aromatic rings. The highest BCUT2D eigenvalue weighted by Crippen LogP contribution is 2.37. The van der Waals surface area contributed by atoms with Crippen LogP contribution >= 0.6 is 11.8 Å². The quantitative estimate of drug-likeness (QED) is 0.555. The van der Waals surface area contributed by atoms with E-state index in [9.17, 15) is 26.3 Å². The van der Waals surface area contributed by atoms with Gasteiger partial charge in [0.05, 0.1) is 11.6 Å². The van der Waals surface area contributed by atoms with E-state index < -0.39 is 24.3 Å². The first kappa shape index (κ1) is 24.8. The van der Waals surface area contributed by atoms with Crippen LogP contribution in [0.5, 0.6) is 0 Å². The minimum absolute atomic E-state index is 0.705. The summed E-state index contributed by atoms with van der Waals surface area (Å²) in [4.78, 5) is 23.4. The molecule has 0 aliphatic carbocycles. The number of nitrogens with zero attached hydrogens (tertiary/aromatic N) is 2. The molecular weight excluding hydrogens is 442 g/mol. The Balaban J connectivity index is 0.000000271. The monoisotopic (exact) mass is 452 g/mol. The lowest BCUT2D eigenvalue weighted by Gasteiger charge is -2.19. The molecule has 30 heavy (non-hydrogen) atoms. The van der Waals surface area contributed by atoms with E-state index in [0.717, 1.165) is 16.2 Å². The van der Waals surface area contributed by atoms with Crippen molar-refractivity contribution in [3.63, 3.8) is 0 Å². The van der Waals surface area contributed by atoms with Gasteiger partial charge in [0.2, 0.25) is 0 Å². The van der Waals surface area contributed by atoms with Gasteiger partial charge in [0, 0.05) is 17.5 Å². The molecule has 2 N–H and O–H groups in total. The largest absolute Gasteiger partial charge is 0.490 e. The summed E-state index contributed by atoms with van der Waals surface area (Å²) in [6.45, 7) is 0. The number of carboxylic acids is 2. The molecule has 13 heteroatoms. The zero-order valence-electron chi connectivity index (χ0n) is 14.5. The molecule has 0 radical (unpaired) electrons. The lowest BCUT2D eigenvalue weighted by molar-refractivity contribution is -0.193. The third kappa shape index (κ3) is 7.63. The average Bonchev–Trinajstić information content (AvgIpc) is 2.65. The maximum atomic E-state index is 10.6. The molecule has 0 atom stereocenters. The molecule has 0 amide bonds.